The first-order valence-corrected chi connectivity index (χ1v) is 7.60. The Hall–Kier alpha value is -1.76. The van der Waals surface area contributed by atoms with Crippen molar-refractivity contribution < 1.29 is 22.0 Å². The van der Waals surface area contributed by atoms with Crippen LogP contribution in [-0.4, -0.2) is 24.7 Å². The lowest BCUT2D eigenvalue weighted by Gasteiger charge is -2.31. The molecule has 1 aromatic carbocycles. The molecule has 0 saturated heterocycles. The number of allylic oxidation sites excluding steroid dienone is 1. The van der Waals surface area contributed by atoms with Gasteiger partial charge in [-0.25, -0.2) is 0 Å². The maximum absolute atomic E-state index is 13.6. The number of alkyl halides is 5. The number of rotatable bonds is 2. The Morgan fingerprint density at radius 1 is 1.17 bits per heavy atom. The second-order valence-corrected chi connectivity index (χ2v) is 6.30. The fraction of sp³-hybridized carbons (Fsp3) is 0.375. The quantitative estimate of drug-likeness (QED) is 0.807. The van der Waals surface area contributed by atoms with Gasteiger partial charge >= 0.3 is 12.1 Å². The van der Waals surface area contributed by atoms with Crippen molar-refractivity contribution in [1.82, 2.24) is 0 Å². The number of nitrogens with one attached hydrogen (secondary N) is 1. The van der Waals surface area contributed by atoms with Crippen molar-refractivity contribution in [2.24, 2.45) is 0 Å². The molecule has 8 heteroatoms. The van der Waals surface area contributed by atoms with Crippen molar-refractivity contribution in [2.45, 2.75) is 32.0 Å². The largest absolute Gasteiger partial charge is 0.455 e. The molecule has 0 bridgehead atoms. The molecular formula is C16H14ClF5N2. The predicted octanol–water partition coefficient (Wildman–Crippen LogP) is 3.55. The number of anilines is 2. The van der Waals surface area contributed by atoms with E-state index in [-0.39, 0.29) is 0 Å². The third kappa shape index (κ3) is 2.46. The van der Waals surface area contributed by atoms with Crippen LogP contribution in [0.25, 0.3) is 10.6 Å². The highest BCUT2D eigenvalue weighted by molar-refractivity contribution is 6.47. The van der Waals surface area contributed by atoms with E-state index >= 15 is 0 Å². The summed E-state index contributed by atoms with van der Waals surface area (Å²) in [4.78, 5) is 1.08. The molecule has 2 nitrogen and oxygen atoms in total. The Morgan fingerprint density at radius 3 is 2.46 bits per heavy atom. The topological polar surface area (TPSA) is 15.3 Å². The maximum Gasteiger partial charge on any atom is 0.455 e. The van der Waals surface area contributed by atoms with E-state index in [2.05, 4.69) is 5.32 Å². The number of hydrogen-bond acceptors (Lipinski definition) is 2. The lowest BCUT2D eigenvalue weighted by molar-refractivity contribution is -0.277. The lowest BCUT2D eigenvalue weighted by Crippen LogP contribution is -2.49. The summed E-state index contributed by atoms with van der Waals surface area (Å²) in [5.74, 6) is -4.80. The van der Waals surface area contributed by atoms with E-state index in [0.717, 1.165) is 4.90 Å². The molecule has 3 rings (SSSR count). The number of halogens is 6. The van der Waals surface area contributed by atoms with E-state index in [0.29, 0.717) is 32.4 Å². The van der Waals surface area contributed by atoms with Gasteiger partial charge in [0.15, 0.2) is 0 Å². The van der Waals surface area contributed by atoms with Crippen LogP contribution in [0.3, 0.4) is 0 Å². The molecule has 1 aromatic rings. The van der Waals surface area contributed by atoms with Crippen LogP contribution in [0.1, 0.15) is 13.8 Å². The van der Waals surface area contributed by atoms with Gasteiger partial charge in [-0.1, -0.05) is 11.6 Å². The highest BCUT2D eigenvalue weighted by Gasteiger charge is 2.58. The predicted molar refractivity (Wildman–Crippen MR) is 84.6 cm³/mol. The van der Waals surface area contributed by atoms with Crippen LogP contribution in [-0.2, 0) is 0 Å². The molecule has 0 spiro atoms. The SMILES string of the molecule is CC1=c2c(ccc3c2=C(Cl)C=CN3)N(CC(F)(F)C(F)(F)F)C1C. The molecule has 2 aliphatic heterocycles. The van der Waals surface area contributed by atoms with Gasteiger partial charge in [-0.3, -0.25) is 0 Å². The number of hydrogen-bond donors (Lipinski definition) is 1. The summed E-state index contributed by atoms with van der Waals surface area (Å²) in [5, 5.41) is 4.65. The minimum Gasteiger partial charge on any atom is -0.361 e. The van der Waals surface area contributed by atoms with Crippen molar-refractivity contribution in [3.8, 4) is 0 Å². The number of benzene rings is 1. The molecular weight excluding hydrogens is 351 g/mol. The normalized spacial score (nSPS) is 20.2. The molecule has 1 unspecified atom stereocenters. The van der Waals surface area contributed by atoms with Crippen molar-refractivity contribution in [2.75, 3.05) is 16.8 Å². The van der Waals surface area contributed by atoms with E-state index in [4.69, 9.17) is 11.6 Å². The third-order valence-corrected chi connectivity index (χ3v) is 4.79. The van der Waals surface area contributed by atoms with Crippen LogP contribution >= 0.6 is 11.6 Å². The fourth-order valence-corrected chi connectivity index (χ4v) is 3.32. The molecule has 0 aliphatic carbocycles. The van der Waals surface area contributed by atoms with Gasteiger partial charge in [0.05, 0.1) is 11.6 Å². The Kier molecular flexibility index (Phi) is 3.82. The molecule has 0 radical (unpaired) electrons. The van der Waals surface area contributed by atoms with E-state index in [1.807, 2.05) is 0 Å². The average molecular weight is 365 g/mol. The summed E-state index contributed by atoms with van der Waals surface area (Å²) in [6, 6.07) is 2.59. The molecule has 130 valence electrons. The first kappa shape index (κ1) is 17.1. The van der Waals surface area contributed by atoms with E-state index in [1.165, 1.54) is 0 Å². The summed E-state index contributed by atoms with van der Waals surface area (Å²) in [6.07, 6.45) is -2.33. The van der Waals surface area contributed by atoms with E-state index in [9.17, 15) is 22.0 Å². The highest BCUT2D eigenvalue weighted by Crippen LogP contribution is 2.38. The number of fused-ring (bicyclic) bond motifs is 3. The van der Waals surface area contributed by atoms with Gasteiger partial charge in [0.25, 0.3) is 0 Å². The summed E-state index contributed by atoms with van der Waals surface area (Å²) in [7, 11) is 0. The van der Waals surface area contributed by atoms with E-state index in [1.54, 1.807) is 38.3 Å². The second-order valence-electron chi connectivity index (χ2n) is 5.90. The molecule has 0 aromatic heterocycles. The molecule has 24 heavy (non-hydrogen) atoms. The van der Waals surface area contributed by atoms with Gasteiger partial charge in [0.1, 0.15) is 0 Å². The van der Waals surface area contributed by atoms with Gasteiger partial charge in [0.2, 0.25) is 0 Å². The van der Waals surface area contributed by atoms with Crippen molar-refractivity contribution >= 4 is 33.6 Å². The molecule has 1 N–H and O–H groups in total. The fourth-order valence-electron chi connectivity index (χ4n) is 3.06. The highest BCUT2D eigenvalue weighted by atomic mass is 35.5. The van der Waals surface area contributed by atoms with Crippen LogP contribution in [0, 0.1) is 0 Å². The van der Waals surface area contributed by atoms with Crippen LogP contribution in [0.15, 0.2) is 24.4 Å². The Labute approximate surface area is 139 Å². The monoisotopic (exact) mass is 364 g/mol. The summed E-state index contributed by atoms with van der Waals surface area (Å²) in [5.41, 5.74) is 1.73. The molecule has 2 heterocycles. The minimum atomic E-state index is -5.59. The summed E-state index contributed by atoms with van der Waals surface area (Å²) < 4.78 is 64.9. The van der Waals surface area contributed by atoms with Crippen molar-refractivity contribution in [1.29, 1.82) is 0 Å². The van der Waals surface area contributed by atoms with Gasteiger partial charge in [-0.05, 0) is 37.6 Å². The van der Waals surface area contributed by atoms with Gasteiger partial charge in [-0.2, -0.15) is 22.0 Å². The minimum absolute atomic E-state index is 0.331. The zero-order valence-electron chi connectivity index (χ0n) is 12.8. The maximum atomic E-state index is 13.6. The van der Waals surface area contributed by atoms with Crippen LogP contribution in [0.4, 0.5) is 33.3 Å². The Balaban J connectivity index is 2.17. The molecule has 1 atom stereocenters. The average Bonchev–Trinajstić information content (AvgIpc) is 2.71. The van der Waals surface area contributed by atoms with Crippen LogP contribution < -0.4 is 20.7 Å². The van der Waals surface area contributed by atoms with Gasteiger partial charge < -0.3 is 10.2 Å². The zero-order valence-corrected chi connectivity index (χ0v) is 13.6. The van der Waals surface area contributed by atoms with Gasteiger partial charge in [-0.15, -0.1) is 0 Å². The summed E-state index contributed by atoms with van der Waals surface area (Å²) in [6.45, 7) is 1.90. The van der Waals surface area contributed by atoms with Crippen molar-refractivity contribution in [3.05, 3.63) is 34.8 Å². The standard InChI is InChI=1S/C16H14ClF5N2/c1-8-9(2)24(7-15(18,19)16(20,21)22)12-4-3-11-14(13(8)12)10(17)5-6-23-11/h3-6,9,23H,7H2,1-2H3. The van der Waals surface area contributed by atoms with Crippen molar-refractivity contribution in [3.63, 3.8) is 0 Å². The van der Waals surface area contributed by atoms with E-state index < -0.39 is 24.7 Å². The smallest absolute Gasteiger partial charge is 0.361 e. The summed E-state index contributed by atoms with van der Waals surface area (Å²) >= 11 is 6.23. The molecule has 2 aliphatic rings. The third-order valence-electron chi connectivity index (χ3n) is 4.47. The molecule has 0 saturated carbocycles. The zero-order chi connectivity index (χ0) is 17.9. The first-order chi connectivity index (χ1) is 11.0. The second kappa shape index (κ2) is 5.37. The van der Waals surface area contributed by atoms with Crippen LogP contribution in [0.5, 0.6) is 0 Å². The lowest BCUT2D eigenvalue weighted by atomic mass is 10.1. The van der Waals surface area contributed by atoms with Gasteiger partial charge in [0, 0.05) is 34.1 Å². The number of nitrogens with zero attached hydrogens (tertiary/aromatic N) is 1. The van der Waals surface area contributed by atoms with Crippen LogP contribution in [0.2, 0.25) is 0 Å². The molecule has 0 fully saturated rings. The Morgan fingerprint density at radius 2 is 1.83 bits per heavy atom. The molecule has 0 amide bonds. The Bertz CT molecular complexity index is 841. The first-order valence-electron chi connectivity index (χ1n) is 7.22.